The number of aryl methyl sites for hydroxylation is 1. The molecule has 0 atom stereocenters. The number of anilines is 1. The Labute approximate surface area is 123 Å². The van der Waals surface area contributed by atoms with E-state index in [9.17, 15) is 4.39 Å². The largest absolute Gasteiger partial charge is 0.366 e. The Morgan fingerprint density at radius 2 is 2.05 bits per heavy atom. The van der Waals surface area contributed by atoms with Crippen molar-refractivity contribution >= 4 is 5.82 Å². The zero-order valence-electron chi connectivity index (χ0n) is 11.9. The van der Waals surface area contributed by atoms with Crippen molar-refractivity contribution in [2.75, 3.05) is 5.32 Å². The van der Waals surface area contributed by atoms with Crippen LogP contribution in [0.1, 0.15) is 35.2 Å². The molecule has 5 heteroatoms. The average molecular weight is 286 g/mol. The molecule has 3 rings (SSSR count). The SMILES string of the molecule is NCc1ccc(CNc2ncnc3c2CCCC3)c(F)c1. The van der Waals surface area contributed by atoms with Gasteiger partial charge >= 0.3 is 0 Å². The minimum Gasteiger partial charge on any atom is -0.366 e. The molecule has 1 heterocycles. The van der Waals surface area contributed by atoms with E-state index in [1.54, 1.807) is 12.4 Å². The third-order valence-corrected chi connectivity index (χ3v) is 3.92. The van der Waals surface area contributed by atoms with Crippen LogP contribution in [0.15, 0.2) is 24.5 Å². The molecule has 21 heavy (non-hydrogen) atoms. The predicted octanol–water partition coefficient (Wildman–Crippen LogP) is 2.57. The lowest BCUT2D eigenvalue weighted by Crippen LogP contribution is -2.12. The Morgan fingerprint density at radius 1 is 1.19 bits per heavy atom. The number of nitrogens with one attached hydrogen (secondary N) is 1. The van der Waals surface area contributed by atoms with E-state index in [-0.39, 0.29) is 5.82 Å². The number of nitrogens with zero attached hydrogens (tertiary/aromatic N) is 2. The van der Waals surface area contributed by atoms with Crippen molar-refractivity contribution in [3.63, 3.8) is 0 Å². The maximum atomic E-state index is 14.0. The first-order valence-electron chi connectivity index (χ1n) is 7.32. The molecular formula is C16H19FN4. The van der Waals surface area contributed by atoms with Gasteiger partial charge < -0.3 is 11.1 Å². The second kappa shape index (κ2) is 6.18. The number of hydrogen-bond donors (Lipinski definition) is 2. The first-order chi connectivity index (χ1) is 10.3. The number of fused-ring (bicyclic) bond motifs is 1. The Bertz CT molecular complexity index is 642. The molecule has 0 radical (unpaired) electrons. The predicted molar refractivity (Wildman–Crippen MR) is 80.3 cm³/mol. The van der Waals surface area contributed by atoms with Crippen molar-refractivity contribution in [3.8, 4) is 0 Å². The van der Waals surface area contributed by atoms with Gasteiger partial charge in [-0.3, -0.25) is 0 Å². The molecule has 110 valence electrons. The standard InChI is InChI=1S/C16H19FN4/c17-14-7-11(8-18)5-6-12(14)9-19-16-13-3-1-2-4-15(13)20-10-21-16/h5-7,10H,1-4,8-9,18H2,(H,19,20,21). The number of rotatable bonds is 4. The van der Waals surface area contributed by atoms with E-state index in [1.807, 2.05) is 6.07 Å². The van der Waals surface area contributed by atoms with E-state index in [0.29, 0.717) is 18.7 Å². The summed E-state index contributed by atoms with van der Waals surface area (Å²) in [5.74, 6) is 0.607. The molecule has 0 spiro atoms. The Balaban J connectivity index is 1.76. The zero-order valence-corrected chi connectivity index (χ0v) is 11.9. The summed E-state index contributed by atoms with van der Waals surface area (Å²) in [6.45, 7) is 0.768. The zero-order chi connectivity index (χ0) is 14.7. The van der Waals surface area contributed by atoms with Gasteiger partial charge in [-0.05, 0) is 37.3 Å². The van der Waals surface area contributed by atoms with Gasteiger partial charge in [0.05, 0.1) is 0 Å². The van der Waals surface area contributed by atoms with E-state index in [2.05, 4.69) is 15.3 Å². The second-order valence-electron chi connectivity index (χ2n) is 5.34. The molecule has 0 saturated heterocycles. The van der Waals surface area contributed by atoms with Crippen molar-refractivity contribution in [2.24, 2.45) is 5.73 Å². The third-order valence-electron chi connectivity index (χ3n) is 3.92. The fraction of sp³-hybridized carbons (Fsp3) is 0.375. The van der Waals surface area contributed by atoms with Crippen LogP contribution < -0.4 is 11.1 Å². The van der Waals surface area contributed by atoms with Crippen LogP contribution in [0.3, 0.4) is 0 Å². The summed E-state index contributed by atoms with van der Waals surface area (Å²) >= 11 is 0. The Kier molecular flexibility index (Phi) is 4.10. The lowest BCUT2D eigenvalue weighted by Gasteiger charge is -2.18. The Morgan fingerprint density at radius 3 is 2.86 bits per heavy atom. The third kappa shape index (κ3) is 3.03. The molecule has 4 nitrogen and oxygen atoms in total. The highest BCUT2D eigenvalue weighted by atomic mass is 19.1. The van der Waals surface area contributed by atoms with Gasteiger partial charge in [0.2, 0.25) is 0 Å². The van der Waals surface area contributed by atoms with Gasteiger partial charge in [-0.1, -0.05) is 12.1 Å². The van der Waals surface area contributed by atoms with Gasteiger partial charge in [-0.15, -0.1) is 0 Å². The smallest absolute Gasteiger partial charge is 0.133 e. The summed E-state index contributed by atoms with van der Waals surface area (Å²) in [7, 11) is 0. The lowest BCUT2D eigenvalue weighted by atomic mass is 9.96. The number of nitrogens with two attached hydrogens (primary N) is 1. The second-order valence-corrected chi connectivity index (χ2v) is 5.34. The number of benzene rings is 1. The summed E-state index contributed by atoms with van der Waals surface area (Å²) in [5, 5.41) is 3.25. The Hall–Kier alpha value is -2.01. The fourth-order valence-electron chi connectivity index (χ4n) is 2.71. The maximum Gasteiger partial charge on any atom is 0.133 e. The van der Waals surface area contributed by atoms with Crippen molar-refractivity contribution in [1.29, 1.82) is 0 Å². The molecule has 0 amide bonds. The molecule has 0 fully saturated rings. The van der Waals surface area contributed by atoms with Crippen LogP contribution in [-0.2, 0) is 25.9 Å². The molecule has 0 aliphatic heterocycles. The molecule has 0 bridgehead atoms. The van der Waals surface area contributed by atoms with Crippen LogP contribution in [0.4, 0.5) is 10.2 Å². The van der Waals surface area contributed by atoms with Gasteiger partial charge in [0.1, 0.15) is 18.0 Å². The summed E-state index contributed by atoms with van der Waals surface area (Å²) < 4.78 is 14.0. The minimum atomic E-state index is -0.228. The molecule has 1 aliphatic carbocycles. The van der Waals surface area contributed by atoms with Crippen molar-refractivity contribution < 1.29 is 4.39 Å². The summed E-state index contributed by atoms with van der Waals surface area (Å²) in [6, 6.07) is 5.13. The van der Waals surface area contributed by atoms with E-state index >= 15 is 0 Å². The highest BCUT2D eigenvalue weighted by Crippen LogP contribution is 2.24. The van der Waals surface area contributed by atoms with E-state index in [1.165, 1.54) is 18.1 Å². The molecule has 2 aromatic rings. The van der Waals surface area contributed by atoms with Crippen molar-refractivity contribution in [1.82, 2.24) is 9.97 Å². The molecule has 3 N–H and O–H groups in total. The highest BCUT2D eigenvalue weighted by molar-refractivity contribution is 5.47. The van der Waals surface area contributed by atoms with Crippen LogP contribution in [-0.4, -0.2) is 9.97 Å². The van der Waals surface area contributed by atoms with Crippen LogP contribution in [0.2, 0.25) is 0 Å². The minimum absolute atomic E-state index is 0.228. The summed E-state index contributed by atoms with van der Waals surface area (Å²) in [4.78, 5) is 8.64. The first-order valence-corrected chi connectivity index (χ1v) is 7.32. The van der Waals surface area contributed by atoms with Gasteiger partial charge in [-0.25, -0.2) is 14.4 Å². The normalized spacial score (nSPS) is 13.8. The first kappa shape index (κ1) is 13.9. The van der Waals surface area contributed by atoms with Crippen LogP contribution >= 0.6 is 0 Å². The number of halogens is 1. The van der Waals surface area contributed by atoms with E-state index < -0.39 is 0 Å². The quantitative estimate of drug-likeness (QED) is 0.906. The fourth-order valence-corrected chi connectivity index (χ4v) is 2.71. The van der Waals surface area contributed by atoms with Crippen molar-refractivity contribution in [3.05, 3.63) is 52.7 Å². The van der Waals surface area contributed by atoms with Gasteiger partial charge in [-0.2, -0.15) is 0 Å². The van der Waals surface area contributed by atoms with Gasteiger partial charge in [0.25, 0.3) is 0 Å². The molecule has 1 aliphatic rings. The van der Waals surface area contributed by atoms with Crippen LogP contribution in [0, 0.1) is 5.82 Å². The molecular weight excluding hydrogens is 267 g/mol. The van der Waals surface area contributed by atoms with Crippen LogP contribution in [0.5, 0.6) is 0 Å². The number of aromatic nitrogens is 2. The van der Waals surface area contributed by atoms with Crippen molar-refractivity contribution in [2.45, 2.75) is 38.8 Å². The average Bonchev–Trinajstić information content (AvgIpc) is 2.53. The monoisotopic (exact) mass is 286 g/mol. The lowest BCUT2D eigenvalue weighted by molar-refractivity contribution is 0.610. The van der Waals surface area contributed by atoms with Crippen LogP contribution in [0.25, 0.3) is 0 Å². The van der Waals surface area contributed by atoms with Gasteiger partial charge in [0, 0.05) is 29.9 Å². The molecule has 0 saturated carbocycles. The maximum absolute atomic E-state index is 14.0. The summed E-state index contributed by atoms with van der Waals surface area (Å²) in [6.07, 6.45) is 5.92. The summed E-state index contributed by atoms with van der Waals surface area (Å²) in [5.41, 5.74) is 9.24. The number of hydrogen-bond acceptors (Lipinski definition) is 4. The molecule has 0 unspecified atom stereocenters. The van der Waals surface area contributed by atoms with E-state index in [4.69, 9.17) is 5.73 Å². The molecule has 1 aromatic carbocycles. The van der Waals surface area contributed by atoms with E-state index in [0.717, 1.165) is 36.3 Å². The molecule has 1 aromatic heterocycles. The van der Waals surface area contributed by atoms with Gasteiger partial charge in [0.15, 0.2) is 0 Å². The topological polar surface area (TPSA) is 63.8 Å². The highest BCUT2D eigenvalue weighted by Gasteiger charge is 2.15.